The topological polar surface area (TPSA) is 123 Å². The maximum absolute atomic E-state index is 12.7. The number of carbonyl (C=O) groups is 1. The van der Waals surface area contributed by atoms with E-state index in [0.29, 0.717) is 25.2 Å². The molecule has 166 valence electrons. The van der Waals surface area contributed by atoms with Crippen molar-refractivity contribution in [2.45, 2.75) is 30.1 Å². The lowest BCUT2D eigenvalue weighted by atomic mass is 10.4. The summed E-state index contributed by atoms with van der Waals surface area (Å²) < 4.78 is 56.9. The van der Waals surface area contributed by atoms with Crippen molar-refractivity contribution in [3.63, 3.8) is 0 Å². The van der Waals surface area contributed by atoms with Crippen LogP contribution < -0.4 is 4.72 Å². The lowest BCUT2D eigenvalue weighted by molar-refractivity contribution is 0.107. The number of ether oxygens (including phenoxy) is 1. The van der Waals surface area contributed by atoms with Gasteiger partial charge in [0, 0.05) is 31.1 Å². The summed E-state index contributed by atoms with van der Waals surface area (Å²) in [5.41, 5.74) is 0.527. The number of rotatable bonds is 9. The van der Waals surface area contributed by atoms with Crippen molar-refractivity contribution in [3.8, 4) is 0 Å². The zero-order valence-electron chi connectivity index (χ0n) is 16.6. The Bertz CT molecular complexity index is 1110. The summed E-state index contributed by atoms with van der Waals surface area (Å²) in [4.78, 5) is 16.6. The Labute approximate surface area is 185 Å². The lowest BCUT2D eigenvalue weighted by Gasteiger charge is -2.17. The second-order valence-corrected chi connectivity index (χ2v) is 11.0. The molecule has 0 spiro atoms. The molecule has 0 fully saturated rings. The molecule has 1 N–H and O–H groups in total. The van der Waals surface area contributed by atoms with Gasteiger partial charge in [-0.2, -0.15) is 0 Å². The molecule has 1 amide bonds. The Morgan fingerprint density at radius 2 is 1.90 bits per heavy atom. The van der Waals surface area contributed by atoms with Gasteiger partial charge in [0.15, 0.2) is 15.0 Å². The number of sulfonamides is 1. The van der Waals surface area contributed by atoms with Gasteiger partial charge in [0.05, 0.1) is 17.3 Å². The molecule has 0 atom stereocenters. The molecule has 0 aliphatic heterocycles. The molecule has 30 heavy (non-hydrogen) atoms. The third-order valence-corrected chi connectivity index (χ3v) is 8.02. The first-order chi connectivity index (χ1) is 14.0. The molecule has 1 aromatic heterocycles. The fourth-order valence-corrected chi connectivity index (χ4v) is 6.91. The van der Waals surface area contributed by atoms with E-state index >= 15 is 0 Å². The van der Waals surface area contributed by atoms with Crippen LogP contribution in [0.1, 0.15) is 19.5 Å². The average Bonchev–Trinajstić information content (AvgIpc) is 3.08. The molecule has 0 saturated heterocycles. The number of sulfone groups is 1. The molecule has 1 aromatic carbocycles. The van der Waals surface area contributed by atoms with Crippen molar-refractivity contribution >= 4 is 54.0 Å². The minimum absolute atomic E-state index is 0.0551. The molecule has 0 bridgehead atoms. The van der Waals surface area contributed by atoms with Crippen LogP contribution in [0.15, 0.2) is 33.4 Å². The molecule has 13 heteroatoms. The Hall–Kier alpha value is -1.89. The number of aromatic nitrogens is 1. The van der Waals surface area contributed by atoms with Gasteiger partial charge in [0.25, 0.3) is 10.0 Å². The zero-order chi connectivity index (χ0) is 22.5. The number of benzene rings is 1. The minimum atomic E-state index is -4.25. The molecular weight excluding hydrogens is 474 g/mol. The molecule has 0 aliphatic carbocycles. The number of hydrogen-bond acceptors (Lipinski definition) is 8. The van der Waals surface area contributed by atoms with Crippen molar-refractivity contribution in [3.05, 3.63) is 34.3 Å². The summed E-state index contributed by atoms with van der Waals surface area (Å²) in [5, 5.41) is 1.49. The van der Waals surface area contributed by atoms with Gasteiger partial charge in [-0.25, -0.2) is 26.6 Å². The number of nitrogens with one attached hydrogen (secondary N) is 1. The lowest BCUT2D eigenvalue weighted by Crippen LogP contribution is -2.31. The van der Waals surface area contributed by atoms with Crippen molar-refractivity contribution in [1.29, 1.82) is 0 Å². The van der Waals surface area contributed by atoms with Crippen LogP contribution in [0.2, 0.25) is 5.02 Å². The van der Waals surface area contributed by atoms with E-state index in [9.17, 15) is 21.6 Å². The van der Waals surface area contributed by atoms with Crippen molar-refractivity contribution < 1.29 is 26.4 Å². The molecule has 1 heterocycles. The van der Waals surface area contributed by atoms with E-state index in [1.54, 1.807) is 5.38 Å². The second-order valence-electron chi connectivity index (χ2n) is 6.13. The fraction of sp³-hybridized carbons (Fsp3) is 0.412. The molecular formula is C17H22ClN3O6S3. The highest BCUT2D eigenvalue weighted by Gasteiger charge is 2.27. The highest BCUT2D eigenvalue weighted by molar-refractivity contribution is 7.95. The highest BCUT2D eigenvalue weighted by Crippen LogP contribution is 2.30. The van der Waals surface area contributed by atoms with Gasteiger partial charge < -0.3 is 9.64 Å². The maximum atomic E-state index is 12.7. The van der Waals surface area contributed by atoms with Gasteiger partial charge in [-0.3, -0.25) is 4.72 Å². The SMILES string of the molecule is CCN(CC)C(=O)OCCc1csc(NS(=O)(=O)c2cccc(Cl)c2S(C)(=O)=O)n1. The van der Waals surface area contributed by atoms with Crippen LogP contribution in [-0.2, 0) is 31.0 Å². The highest BCUT2D eigenvalue weighted by atomic mass is 35.5. The minimum Gasteiger partial charge on any atom is -0.449 e. The maximum Gasteiger partial charge on any atom is 0.409 e. The Morgan fingerprint density at radius 3 is 2.50 bits per heavy atom. The van der Waals surface area contributed by atoms with E-state index in [1.807, 2.05) is 13.8 Å². The van der Waals surface area contributed by atoms with Crippen molar-refractivity contribution in [2.75, 3.05) is 30.7 Å². The summed E-state index contributed by atoms with van der Waals surface area (Å²) in [5.74, 6) is 0. The van der Waals surface area contributed by atoms with Crippen LogP contribution >= 0.6 is 22.9 Å². The smallest absolute Gasteiger partial charge is 0.409 e. The van der Waals surface area contributed by atoms with Gasteiger partial charge in [0.1, 0.15) is 9.79 Å². The van der Waals surface area contributed by atoms with Crippen LogP contribution in [0, 0.1) is 0 Å². The number of thiazole rings is 1. The van der Waals surface area contributed by atoms with E-state index in [2.05, 4.69) is 9.71 Å². The summed E-state index contributed by atoms with van der Waals surface area (Å²) in [6.45, 7) is 4.86. The first-order valence-corrected chi connectivity index (χ1v) is 13.5. The third-order valence-electron chi connectivity index (χ3n) is 3.97. The molecule has 0 unspecified atom stereocenters. The number of hydrogen-bond donors (Lipinski definition) is 1. The third kappa shape index (κ3) is 6.06. The molecule has 2 aromatic rings. The van der Waals surface area contributed by atoms with Gasteiger partial charge in [-0.1, -0.05) is 17.7 Å². The number of carbonyl (C=O) groups excluding carboxylic acids is 1. The van der Waals surface area contributed by atoms with Crippen LogP contribution in [0.3, 0.4) is 0 Å². The van der Waals surface area contributed by atoms with E-state index in [1.165, 1.54) is 17.0 Å². The summed E-state index contributed by atoms with van der Waals surface area (Å²) >= 11 is 6.95. The van der Waals surface area contributed by atoms with Gasteiger partial charge in [0.2, 0.25) is 0 Å². The van der Waals surface area contributed by atoms with Crippen molar-refractivity contribution in [2.24, 2.45) is 0 Å². The molecule has 9 nitrogen and oxygen atoms in total. The summed E-state index contributed by atoms with van der Waals surface area (Å²) in [6, 6.07) is 3.81. The Kier molecular flexibility index (Phi) is 8.08. The standard InChI is InChI=1S/C17H22ClN3O6S3/c1-4-21(5-2)17(22)27-10-9-12-11-28-16(19-12)20-30(25,26)14-8-6-7-13(18)15(14)29(3,23)24/h6-8,11H,4-5,9-10H2,1-3H3,(H,19,20). The number of amides is 1. The number of anilines is 1. The number of nitrogens with zero attached hydrogens (tertiary/aromatic N) is 2. The van der Waals surface area contributed by atoms with Crippen LogP contribution in [0.25, 0.3) is 0 Å². The van der Waals surface area contributed by atoms with E-state index in [0.717, 1.165) is 23.7 Å². The summed E-state index contributed by atoms with van der Waals surface area (Å²) in [7, 11) is -8.13. The van der Waals surface area contributed by atoms with E-state index < -0.39 is 35.7 Å². The predicted octanol–water partition coefficient (Wildman–Crippen LogP) is 3.02. The van der Waals surface area contributed by atoms with Gasteiger partial charge >= 0.3 is 6.09 Å². The predicted molar refractivity (Wildman–Crippen MR) is 115 cm³/mol. The van der Waals surface area contributed by atoms with Gasteiger partial charge in [-0.05, 0) is 26.0 Å². The Balaban J connectivity index is 2.11. The van der Waals surface area contributed by atoms with E-state index in [-0.39, 0.29) is 16.8 Å². The monoisotopic (exact) mass is 495 g/mol. The quantitative estimate of drug-likeness (QED) is 0.567. The van der Waals surface area contributed by atoms with Crippen molar-refractivity contribution in [1.82, 2.24) is 9.88 Å². The second kappa shape index (κ2) is 9.94. The molecule has 0 radical (unpaired) electrons. The average molecular weight is 496 g/mol. The fourth-order valence-electron chi connectivity index (χ4n) is 2.52. The number of halogens is 1. The zero-order valence-corrected chi connectivity index (χ0v) is 19.8. The summed E-state index contributed by atoms with van der Waals surface area (Å²) in [6.07, 6.45) is 0.760. The molecule has 0 saturated carbocycles. The molecule has 0 aliphatic rings. The normalized spacial score (nSPS) is 11.9. The van der Waals surface area contributed by atoms with E-state index in [4.69, 9.17) is 16.3 Å². The van der Waals surface area contributed by atoms with Crippen LogP contribution in [-0.4, -0.2) is 58.8 Å². The Morgan fingerprint density at radius 1 is 1.23 bits per heavy atom. The van der Waals surface area contributed by atoms with Gasteiger partial charge in [-0.15, -0.1) is 11.3 Å². The first kappa shape index (κ1) is 24.4. The first-order valence-electron chi connectivity index (χ1n) is 8.87. The van der Waals surface area contributed by atoms with Crippen LogP contribution in [0.4, 0.5) is 9.93 Å². The largest absolute Gasteiger partial charge is 0.449 e. The van der Waals surface area contributed by atoms with Crippen LogP contribution in [0.5, 0.6) is 0 Å². The molecule has 2 rings (SSSR count).